The quantitative estimate of drug-likeness (QED) is 0.566. The zero-order valence-electron chi connectivity index (χ0n) is 16.2. The molecule has 156 valence electrons. The summed E-state index contributed by atoms with van der Waals surface area (Å²) < 4.78 is 39.6. The molecule has 0 aliphatic carbocycles. The van der Waals surface area contributed by atoms with Crippen LogP contribution in [0.1, 0.15) is 22.4 Å². The van der Waals surface area contributed by atoms with E-state index in [1.165, 1.54) is 18.2 Å². The van der Waals surface area contributed by atoms with Gasteiger partial charge in [-0.3, -0.25) is 4.79 Å². The number of aromatic nitrogens is 2. The Hall–Kier alpha value is -3.62. The Kier molecular flexibility index (Phi) is 6.20. The molecule has 30 heavy (non-hydrogen) atoms. The minimum Gasteiger partial charge on any atom is -0.379 e. The summed E-state index contributed by atoms with van der Waals surface area (Å²) in [5.74, 6) is 0.196. The third-order valence-electron chi connectivity index (χ3n) is 4.45. The van der Waals surface area contributed by atoms with Crippen LogP contribution in [0.2, 0.25) is 0 Å². The van der Waals surface area contributed by atoms with Gasteiger partial charge in [-0.05, 0) is 36.2 Å². The van der Waals surface area contributed by atoms with Gasteiger partial charge >= 0.3 is 6.18 Å². The first kappa shape index (κ1) is 21.1. The van der Waals surface area contributed by atoms with Crippen molar-refractivity contribution in [3.63, 3.8) is 0 Å². The molecule has 3 aromatic rings. The number of benzene rings is 2. The fraction of sp³-hybridized carbons (Fsp3) is 0.190. The molecule has 1 aromatic heterocycles. The fourth-order valence-corrected chi connectivity index (χ4v) is 2.85. The Morgan fingerprint density at radius 3 is 2.53 bits per heavy atom. The zero-order chi connectivity index (χ0) is 21.7. The van der Waals surface area contributed by atoms with Crippen LogP contribution in [0.4, 0.5) is 24.8 Å². The predicted molar refractivity (Wildman–Crippen MR) is 111 cm³/mol. The van der Waals surface area contributed by atoms with E-state index < -0.39 is 17.3 Å². The highest BCUT2D eigenvalue weighted by atomic mass is 19.4. The van der Waals surface area contributed by atoms with Crippen molar-refractivity contribution < 1.29 is 13.2 Å². The van der Waals surface area contributed by atoms with Gasteiger partial charge in [-0.15, -0.1) is 0 Å². The lowest BCUT2D eigenvalue weighted by Crippen LogP contribution is -2.23. The summed E-state index contributed by atoms with van der Waals surface area (Å²) >= 11 is 0. The molecule has 0 saturated carbocycles. The molecule has 0 amide bonds. The summed E-state index contributed by atoms with van der Waals surface area (Å²) in [6.07, 6.45) is -4.43. The van der Waals surface area contributed by atoms with Crippen LogP contribution < -0.4 is 16.2 Å². The second-order valence-corrected chi connectivity index (χ2v) is 6.57. The lowest BCUT2D eigenvalue weighted by atomic mass is 10.1. The van der Waals surface area contributed by atoms with Crippen LogP contribution in [-0.4, -0.2) is 16.4 Å². The molecule has 0 atom stereocenters. The standard InChI is InChI=1S/C21H20F3N5O/c1-14-6-3-4-7-15(14)12-27-20-28-18(11-19(30)29(20)25-2)13-26-17-9-5-8-16(10-17)21(22,23)24/h3-11,26H,2,12-13H2,1H3,(H,27,28). The smallest absolute Gasteiger partial charge is 0.379 e. The minimum absolute atomic E-state index is 0.0631. The van der Waals surface area contributed by atoms with Crippen LogP contribution in [0.5, 0.6) is 0 Å². The van der Waals surface area contributed by atoms with E-state index in [-0.39, 0.29) is 18.2 Å². The first-order valence-corrected chi connectivity index (χ1v) is 9.07. The number of aryl methyl sites for hydroxylation is 1. The van der Waals surface area contributed by atoms with Crippen LogP contribution >= 0.6 is 0 Å². The van der Waals surface area contributed by atoms with Gasteiger partial charge in [0.1, 0.15) is 0 Å². The molecule has 0 spiro atoms. The van der Waals surface area contributed by atoms with Crippen molar-refractivity contribution >= 4 is 18.4 Å². The molecule has 2 aromatic carbocycles. The van der Waals surface area contributed by atoms with E-state index in [0.29, 0.717) is 12.2 Å². The maximum atomic E-state index is 12.9. The van der Waals surface area contributed by atoms with Crippen molar-refractivity contribution in [3.05, 3.63) is 87.3 Å². The molecular formula is C21H20F3N5O. The predicted octanol–water partition coefficient (Wildman–Crippen LogP) is 4.26. The summed E-state index contributed by atoms with van der Waals surface area (Å²) in [6.45, 7) is 5.84. The van der Waals surface area contributed by atoms with E-state index in [2.05, 4.69) is 27.4 Å². The van der Waals surface area contributed by atoms with Gasteiger partial charge < -0.3 is 10.6 Å². The molecule has 0 unspecified atom stereocenters. The van der Waals surface area contributed by atoms with E-state index in [1.54, 1.807) is 0 Å². The average molecular weight is 415 g/mol. The second kappa shape index (κ2) is 8.81. The molecule has 0 bridgehead atoms. The largest absolute Gasteiger partial charge is 0.416 e. The molecule has 0 fully saturated rings. The number of alkyl halides is 3. The molecule has 6 nitrogen and oxygen atoms in total. The molecule has 0 saturated heterocycles. The number of halogens is 3. The number of anilines is 2. The first-order valence-electron chi connectivity index (χ1n) is 9.07. The highest BCUT2D eigenvalue weighted by Crippen LogP contribution is 2.30. The van der Waals surface area contributed by atoms with Gasteiger partial charge in [0.2, 0.25) is 5.95 Å². The maximum Gasteiger partial charge on any atom is 0.416 e. The maximum absolute atomic E-state index is 12.9. The van der Waals surface area contributed by atoms with Crippen LogP contribution in [0.3, 0.4) is 0 Å². The number of hydrogen-bond acceptors (Lipinski definition) is 5. The van der Waals surface area contributed by atoms with Crippen molar-refractivity contribution in [3.8, 4) is 0 Å². The fourth-order valence-electron chi connectivity index (χ4n) is 2.85. The SMILES string of the molecule is C=Nn1c(NCc2ccccc2C)nc(CNc2cccc(C(F)(F)F)c2)cc1=O. The van der Waals surface area contributed by atoms with Gasteiger partial charge in [0.05, 0.1) is 17.8 Å². The van der Waals surface area contributed by atoms with Gasteiger partial charge in [0.15, 0.2) is 0 Å². The minimum atomic E-state index is -4.43. The molecule has 0 aliphatic heterocycles. The van der Waals surface area contributed by atoms with Crippen LogP contribution in [0.15, 0.2) is 64.5 Å². The van der Waals surface area contributed by atoms with E-state index in [4.69, 9.17) is 0 Å². The third-order valence-corrected chi connectivity index (χ3v) is 4.45. The van der Waals surface area contributed by atoms with Gasteiger partial charge in [0.25, 0.3) is 5.56 Å². The van der Waals surface area contributed by atoms with Crippen molar-refractivity contribution in [2.45, 2.75) is 26.2 Å². The van der Waals surface area contributed by atoms with E-state index in [9.17, 15) is 18.0 Å². The lowest BCUT2D eigenvalue weighted by Gasteiger charge is -2.13. The normalized spacial score (nSPS) is 11.2. The second-order valence-electron chi connectivity index (χ2n) is 6.57. The Balaban J connectivity index is 1.79. The van der Waals surface area contributed by atoms with Gasteiger partial charge in [-0.2, -0.15) is 22.9 Å². The molecule has 1 heterocycles. The monoisotopic (exact) mass is 415 g/mol. The Morgan fingerprint density at radius 1 is 1.07 bits per heavy atom. The molecule has 2 N–H and O–H groups in total. The van der Waals surface area contributed by atoms with Gasteiger partial charge in [0, 0.05) is 25.0 Å². The summed E-state index contributed by atoms with van der Waals surface area (Å²) in [7, 11) is 0. The molecule has 9 heteroatoms. The lowest BCUT2D eigenvalue weighted by molar-refractivity contribution is -0.137. The third kappa shape index (κ3) is 5.05. The number of rotatable bonds is 7. The number of nitrogens with zero attached hydrogens (tertiary/aromatic N) is 3. The Morgan fingerprint density at radius 2 is 1.83 bits per heavy atom. The molecular weight excluding hydrogens is 395 g/mol. The molecule has 0 radical (unpaired) electrons. The number of hydrogen-bond donors (Lipinski definition) is 2. The van der Waals surface area contributed by atoms with Crippen molar-refractivity contribution in [1.29, 1.82) is 0 Å². The molecule has 0 aliphatic rings. The highest BCUT2D eigenvalue weighted by Gasteiger charge is 2.30. The Labute approximate surface area is 171 Å². The highest BCUT2D eigenvalue weighted by molar-refractivity contribution is 5.47. The topological polar surface area (TPSA) is 71.3 Å². The van der Waals surface area contributed by atoms with Crippen LogP contribution in [0, 0.1) is 6.92 Å². The Bertz CT molecular complexity index is 1110. The van der Waals surface area contributed by atoms with E-state index in [0.717, 1.165) is 27.9 Å². The summed E-state index contributed by atoms with van der Waals surface area (Å²) in [5, 5.41) is 9.62. The first-order chi connectivity index (χ1) is 14.3. The summed E-state index contributed by atoms with van der Waals surface area (Å²) in [5.41, 5.74) is 1.51. The van der Waals surface area contributed by atoms with Gasteiger partial charge in [-0.25, -0.2) is 4.98 Å². The summed E-state index contributed by atoms with van der Waals surface area (Å²) in [6, 6.07) is 13.8. The van der Waals surface area contributed by atoms with Crippen molar-refractivity contribution in [1.82, 2.24) is 9.66 Å². The van der Waals surface area contributed by atoms with E-state index in [1.807, 2.05) is 31.2 Å². The van der Waals surface area contributed by atoms with E-state index >= 15 is 0 Å². The van der Waals surface area contributed by atoms with Crippen molar-refractivity contribution in [2.75, 3.05) is 10.6 Å². The molecule has 3 rings (SSSR count). The van der Waals surface area contributed by atoms with Crippen LogP contribution in [-0.2, 0) is 19.3 Å². The number of nitrogens with one attached hydrogen (secondary N) is 2. The zero-order valence-corrected chi connectivity index (χ0v) is 16.2. The summed E-state index contributed by atoms with van der Waals surface area (Å²) in [4.78, 5) is 16.7. The average Bonchev–Trinajstić information content (AvgIpc) is 2.71. The van der Waals surface area contributed by atoms with Crippen LogP contribution in [0.25, 0.3) is 0 Å². The van der Waals surface area contributed by atoms with Crippen molar-refractivity contribution in [2.24, 2.45) is 5.10 Å². The van der Waals surface area contributed by atoms with Gasteiger partial charge in [-0.1, -0.05) is 30.3 Å².